The molecule has 1 fully saturated rings. The Morgan fingerprint density at radius 3 is 2.25 bits per heavy atom. The molecular formula is C27H42N4O5. The third-order valence-electron chi connectivity index (χ3n) is 6.39. The van der Waals surface area contributed by atoms with Crippen molar-refractivity contribution in [2.45, 2.75) is 78.1 Å². The molecule has 0 aromatic heterocycles. The van der Waals surface area contributed by atoms with Gasteiger partial charge in [0.2, 0.25) is 17.7 Å². The molecule has 2 rings (SSSR count). The number of aryl methyl sites for hydroxylation is 1. The molecule has 1 aliphatic heterocycles. The molecule has 200 valence electrons. The van der Waals surface area contributed by atoms with Crippen LogP contribution in [0.2, 0.25) is 0 Å². The van der Waals surface area contributed by atoms with Crippen LogP contribution in [0.25, 0.3) is 0 Å². The van der Waals surface area contributed by atoms with Gasteiger partial charge in [0.1, 0.15) is 24.2 Å². The van der Waals surface area contributed by atoms with Crippen LogP contribution in [0, 0.1) is 6.92 Å². The molecule has 36 heavy (non-hydrogen) atoms. The quantitative estimate of drug-likeness (QED) is 0.490. The average Bonchev–Trinajstić information content (AvgIpc) is 2.76. The number of esters is 1. The SMILES string of the molecule is CCN(C(=O)[C@@H]1CCN1C(=O)C(C)NC)C(Cc1ccc(C)cc1)C(=O)N(C)CC(=O)OC(C)(C)C. The molecule has 1 aromatic carbocycles. The summed E-state index contributed by atoms with van der Waals surface area (Å²) >= 11 is 0. The number of amides is 3. The number of hydrogen-bond acceptors (Lipinski definition) is 6. The molecule has 1 aliphatic rings. The number of nitrogens with one attached hydrogen (secondary N) is 1. The van der Waals surface area contributed by atoms with Crippen LogP contribution < -0.4 is 5.32 Å². The summed E-state index contributed by atoms with van der Waals surface area (Å²) in [5.74, 6) is -1.26. The molecule has 1 N–H and O–H groups in total. The van der Waals surface area contributed by atoms with Gasteiger partial charge in [0.05, 0.1) is 6.04 Å². The molecule has 1 saturated heterocycles. The summed E-state index contributed by atoms with van der Waals surface area (Å²) in [4.78, 5) is 56.9. The summed E-state index contributed by atoms with van der Waals surface area (Å²) in [7, 11) is 3.24. The van der Waals surface area contributed by atoms with Gasteiger partial charge in [0, 0.05) is 26.6 Å². The first-order valence-electron chi connectivity index (χ1n) is 12.6. The lowest BCUT2D eigenvalue weighted by atomic mass is 9.97. The number of likely N-dealkylation sites (N-methyl/N-ethyl adjacent to an activating group) is 3. The Morgan fingerprint density at radius 2 is 1.78 bits per heavy atom. The Kier molecular flexibility index (Phi) is 10.0. The molecular weight excluding hydrogens is 460 g/mol. The Morgan fingerprint density at radius 1 is 1.17 bits per heavy atom. The van der Waals surface area contributed by atoms with Gasteiger partial charge >= 0.3 is 5.97 Å². The Balaban J connectivity index is 2.30. The predicted octanol–water partition coefficient (Wildman–Crippen LogP) is 1.76. The first kappa shape index (κ1) is 29.3. The molecule has 0 spiro atoms. The van der Waals surface area contributed by atoms with Gasteiger partial charge in [0.15, 0.2) is 0 Å². The Hall–Kier alpha value is -2.94. The first-order valence-corrected chi connectivity index (χ1v) is 12.6. The van der Waals surface area contributed by atoms with Crippen molar-refractivity contribution in [1.82, 2.24) is 20.0 Å². The fourth-order valence-electron chi connectivity index (χ4n) is 4.18. The standard InChI is InChI=1S/C27H42N4O5/c1-9-30(26(35)21-14-15-31(21)24(33)19(3)28-7)22(16-20-12-10-18(2)11-13-20)25(34)29(8)17-23(32)36-27(4,5)6/h10-13,19,21-22,28H,9,14-17H2,1-8H3/t19?,21-,22?/m0/s1. The van der Waals surface area contributed by atoms with Gasteiger partial charge in [-0.25, -0.2) is 0 Å². The lowest BCUT2D eigenvalue weighted by molar-refractivity contribution is -0.161. The number of ether oxygens (including phenoxy) is 1. The molecule has 0 radical (unpaired) electrons. The van der Waals surface area contributed by atoms with Crippen molar-refractivity contribution >= 4 is 23.7 Å². The van der Waals surface area contributed by atoms with Gasteiger partial charge in [-0.1, -0.05) is 29.8 Å². The molecule has 0 aliphatic carbocycles. The average molecular weight is 503 g/mol. The zero-order valence-corrected chi connectivity index (χ0v) is 23.0. The molecule has 0 saturated carbocycles. The third-order valence-corrected chi connectivity index (χ3v) is 6.39. The Bertz CT molecular complexity index is 940. The number of rotatable bonds is 10. The predicted molar refractivity (Wildman–Crippen MR) is 138 cm³/mol. The second-order valence-corrected chi connectivity index (χ2v) is 10.5. The topological polar surface area (TPSA) is 99.3 Å². The molecule has 2 unspecified atom stereocenters. The number of nitrogens with zero attached hydrogens (tertiary/aromatic N) is 3. The van der Waals surface area contributed by atoms with Gasteiger partial charge in [-0.3, -0.25) is 19.2 Å². The molecule has 3 atom stereocenters. The van der Waals surface area contributed by atoms with Crippen LogP contribution in [0.5, 0.6) is 0 Å². The Labute approximate surface area is 215 Å². The van der Waals surface area contributed by atoms with Crippen LogP contribution >= 0.6 is 0 Å². The number of carbonyl (C=O) groups is 4. The maximum Gasteiger partial charge on any atom is 0.326 e. The van der Waals surface area contributed by atoms with E-state index in [-0.39, 0.29) is 24.3 Å². The van der Waals surface area contributed by atoms with Crippen molar-refractivity contribution in [3.8, 4) is 0 Å². The van der Waals surface area contributed by atoms with E-state index >= 15 is 0 Å². The van der Waals surface area contributed by atoms with E-state index in [1.807, 2.05) is 38.1 Å². The summed E-state index contributed by atoms with van der Waals surface area (Å²) in [5.41, 5.74) is 1.33. The van der Waals surface area contributed by atoms with Crippen LogP contribution in [0.4, 0.5) is 0 Å². The minimum atomic E-state index is -0.822. The fraction of sp³-hybridized carbons (Fsp3) is 0.630. The van der Waals surface area contributed by atoms with Crippen molar-refractivity contribution in [1.29, 1.82) is 0 Å². The first-order chi connectivity index (χ1) is 16.8. The second kappa shape index (κ2) is 12.3. The molecule has 0 bridgehead atoms. The summed E-state index contributed by atoms with van der Waals surface area (Å²) < 4.78 is 5.38. The number of hydrogen-bond donors (Lipinski definition) is 1. The van der Waals surface area contributed by atoms with Gasteiger partial charge in [-0.2, -0.15) is 0 Å². The summed E-state index contributed by atoms with van der Waals surface area (Å²) in [6, 6.07) is 5.98. The van der Waals surface area contributed by atoms with E-state index in [1.54, 1.807) is 51.6 Å². The molecule has 9 heteroatoms. The highest BCUT2D eigenvalue weighted by molar-refractivity contribution is 5.95. The number of carbonyl (C=O) groups excluding carboxylic acids is 4. The zero-order chi connectivity index (χ0) is 27.2. The zero-order valence-electron chi connectivity index (χ0n) is 23.0. The minimum absolute atomic E-state index is 0.137. The van der Waals surface area contributed by atoms with E-state index in [0.29, 0.717) is 25.9 Å². The highest BCUT2D eigenvalue weighted by Crippen LogP contribution is 2.23. The normalized spacial score (nSPS) is 17.0. The third kappa shape index (κ3) is 7.53. The molecule has 9 nitrogen and oxygen atoms in total. The van der Waals surface area contributed by atoms with E-state index in [4.69, 9.17) is 4.74 Å². The van der Waals surface area contributed by atoms with E-state index < -0.39 is 29.7 Å². The highest BCUT2D eigenvalue weighted by atomic mass is 16.6. The number of likely N-dealkylation sites (tertiary alicyclic amines) is 1. The molecule has 1 heterocycles. The van der Waals surface area contributed by atoms with Crippen LogP contribution in [-0.2, 0) is 30.3 Å². The maximum atomic E-state index is 13.7. The van der Waals surface area contributed by atoms with Crippen LogP contribution in [0.3, 0.4) is 0 Å². The van der Waals surface area contributed by atoms with Crippen molar-refractivity contribution in [3.05, 3.63) is 35.4 Å². The van der Waals surface area contributed by atoms with E-state index in [1.165, 1.54) is 4.90 Å². The smallest absolute Gasteiger partial charge is 0.326 e. The molecule has 1 aromatic rings. The van der Waals surface area contributed by atoms with Gasteiger partial charge in [-0.05, 0) is 60.6 Å². The highest BCUT2D eigenvalue weighted by Gasteiger charge is 2.43. The maximum absolute atomic E-state index is 13.7. The van der Waals surface area contributed by atoms with Gasteiger partial charge in [-0.15, -0.1) is 0 Å². The summed E-state index contributed by atoms with van der Waals surface area (Å²) in [5, 5.41) is 2.92. The largest absolute Gasteiger partial charge is 0.459 e. The lowest BCUT2D eigenvalue weighted by Gasteiger charge is -2.44. The van der Waals surface area contributed by atoms with E-state index in [0.717, 1.165) is 11.1 Å². The van der Waals surface area contributed by atoms with E-state index in [2.05, 4.69) is 5.32 Å². The van der Waals surface area contributed by atoms with Gasteiger partial charge < -0.3 is 24.8 Å². The second-order valence-electron chi connectivity index (χ2n) is 10.5. The van der Waals surface area contributed by atoms with Crippen molar-refractivity contribution in [2.24, 2.45) is 0 Å². The summed E-state index contributed by atoms with van der Waals surface area (Å²) in [6.45, 7) is 11.4. The van der Waals surface area contributed by atoms with Crippen LogP contribution in [-0.4, -0.2) is 95.8 Å². The van der Waals surface area contributed by atoms with Crippen molar-refractivity contribution in [3.63, 3.8) is 0 Å². The van der Waals surface area contributed by atoms with Crippen molar-refractivity contribution < 1.29 is 23.9 Å². The fourth-order valence-corrected chi connectivity index (χ4v) is 4.18. The molecule has 3 amide bonds. The lowest BCUT2D eigenvalue weighted by Crippen LogP contribution is -2.64. The summed E-state index contributed by atoms with van der Waals surface area (Å²) in [6.07, 6.45) is 0.849. The van der Waals surface area contributed by atoms with Crippen LogP contribution in [0.1, 0.15) is 52.2 Å². The van der Waals surface area contributed by atoms with Gasteiger partial charge in [0.25, 0.3) is 0 Å². The minimum Gasteiger partial charge on any atom is -0.459 e. The number of benzene rings is 1. The monoisotopic (exact) mass is 502 g/mol. The van der Waals surface area contributed by atoms with E-state index in [9.17, 15) is 19.2 Å². The van der Waals surface area contributed by atoms with Crippen molar-refractivity contribution in [2.75, 3.05) is 33.7 Å². The van der Waals surface area contributed by atoms with Crippen LogP contribution in [0.15, 0.2) is 24.3 Å².